The van der Waals surface area contributed by atoms with E-state index in [0.29, 0.717) is 11.2 Å². The third kappa shape index (κ3) is 12.7. The molecule has 0 N–H and O–H groups in total. The molecule has 2 aliphatic carbocycles. The second kappa shape index (κ2) is 17.4. The van der Waals surface area contributed by atoms with Crippen LogP contribution in [0.3, 0.4) is 0 Å². The van der Waals surface area contributed by atoms with Crippen molar-refractivity contribution >= 4 is 5.78 Å². The Hall–Kier alpha value is -0.850. The fourth-order valence-corrected chi connectivity index (χ4v) is 8.17. The molecule has 1 unspecified atom stereocenters. The summed E-state index contributed by atoms with van der Waals surface area (Å²) < 4.78 is 0. The van der Waals surface area contributed by atoms with E-state index in [1.54, 1.807) is 11.1 Å². The summed E-state index contributed by atoms with van der Waals surface area (Å²) >= 11 is 0. The molecule has 0 fully saturated rings. The highest BCUT2D eigenvalue weighted by molar-refractivity contribution is 5.96. The van der Waals surface area contributed by atoms with E-state index in [4.69, 9.17) is 0 Å². The molecule has 1 heteroatoms. The van der Waals surface area contributed by atoms with Gasteiger partial charge in [0.2, 0.25) is 0 Å². The first-order valence-electron chi connectivity index (χ1n) is 18.2. The van der Waals surface area contributed by atoms with E-state index in [2.05, 4.69) is 69.2 Å². The molecule has 0 saturated heterocycles. The summed E-state index contributed by atoms with van der Waals surface area (Å²) in [6, 6.07) is 0. The lowest BCUT2D eigenvalue weighted by Crippen LogP contribution is -2.25. The normalized spacial score (nSPS) is 22.1. The maximum Gasteiger partial charge on any atom is 0.158 e. The third-order valence-electron chi connectivity index (χ3n) is 11.6. The third-order valence-corrected chi connectivity index (χ3v) is 11.6. The van der Waals surface area contributed by atoms with Crippen LogP contribution >= 0.6 is 0 Å². The molecule has 0 saturated carbocycles. The van der Waals surface area contributed by atoms with Crippen molar-refractivity contribution in [2.24, 2.45) is 34.5 Å². The van der Waals surface area contributed by atoms with Gasteiger partial charge in [-0.3, -0.25) is 4.79 Å². The Kier molecular flexibility index (Phi) is 15.5. The molecule has 4 atom stereocenters. The first-order chi connectivity index (χ1) is 19.2. The molecule has 0 aromatic heterocycles. The van der Waals surface area contributed by atoms with Crippen LogP contribution in [0.5, 0.6) is 0 Å². The number of carbonyl (C=O) groups excluding carboxylic acids is 1. The van der Waals surface area contributed by atoms with Gasteiger partial charge in [-0.05, 0) is 105 Å². The highest BCUT2D eigenvalue weighted by atomic mass is 16.1. The molecule has 2 rings (SSSR count). The Bertz CT molecular complexity index is 852. The minimum atomic E-state index is 0.214. The van der Waals surface area contributed by atoms with Gasteiger partial charge in [0.1, 0.15) is 0 Å². The van der Waals surface area contributed by atoms with Crippen LogP contribution in [0.15, 0.2) is 22.3 Å². The minimum absolute atomic E-state index is 0.214. The lowest BCUT2D eigenvalue weighted by atomic mass is 9.70. The molecular formula is C40H72O. The molecular weight excluding hydrogens is 496 g/mol. The molecule has 0 radical (unpaired) electrons. The van der Waals surface area contributed by atoms with Crippen molar-refractivity contribution in [3.05, 3.63) is 22.3 Å². The molecule has 1 nitrogen and oxygen atoms in total. The Morgan fingerprint density at radius 1 is 0.561 bits per heavy atom. The van der Waals surface area contributed by atoms with Crippen molar-refractivity contribution in [2.75, 3.05) is 0 Å². The van der Waals surface area contributed by atoms with Gasteiger partial charge in [-0.25, -0.2) is 0 Å². The highest BCUT2D eigenvalue weighted by Crippen LogP contribution is 2.43. The van der Waals surface area contributed by atoms with Crippen LogP contribution in [0, 0.1) is 34.5 Å². The number of ketones is 1. The molecule has 0 amide bonds. The van der Waals surface area contributed by atoms with Crippen molar-refractivity contribution in [1.82, 2.24) is 0 Å². The van der Waals surface area contributed by atoms with E-state index in [1.807, 2.05) is 0 Å². The Morgan fingerprint density at radius 2 is 0.976 bits per heavy atom. The largest absolute Gasteiger partial charge is 0.295 e. The van der Waals surface area contributed by atoms with E-state index in [0.717, 1.165) is 48.5 Å². The Morgan fingerprint density at radius 3 is 1.46 bits per heavy atom. The topological polar surface area (TPSA) is 17.1 Å². The first-order valence-corrected chi connectivity index (χ1v) is 18.2. The SMILES string of the molecule is CC1=C(CC[C@@H](C)CCC[C@@H](C)CCCCC(C)CCC[C@H](C)CCC2=C(C)C(=O)CCC2(C)C)C(C)(C)CCC1. The number of Topliss-reactive ketones (excluding diaryl/α,β-unsaturated/α-hetero) is 1. The molecule has 2 aliphatic rings. The second-order valence-electron chi connectivity index (χ2n) is 16.6. The van der Waals surface area contributed by atoms with Crippen molar-refractivity contribution in [3.8, 4) is 0 Å². The lowest BCUT2D eigenvalue weighted by Gasteiger charge is -2.35. The minimum Gasteiger partial charge on any atom is -0.295 e. The summed E-state index contributed by atoms with van der Waals surface area (Å²) in [5, 5.41) is 0. The van der Waals surface area contributed by atoms with Crippen molar-refractivity contribution in [1.29, 1.82) is 0 Å². The van der Waals surface area contributed by atoms with E-state index in [1.165, 1.54) is 108 Å². The van der Waals surface area contributed by atoms with Gasteiger partial charge < -0.3 is 0 Å². The summed E-state index contributed by atoms with van der Waals surface area (Å²) in [4.78, 5) is 12.2. The summed E-state index contributed by atoms with van der Waals surface area (Å²) in [5.74, 6) is 3.78. The number of hydrogen-bond donors (Lipinski definition) is 0. The van der Waals surface area contributed by atoms with Crippen molar-refractivity contribution in [3.63, 3.8) is 0 Å². The summed E-state index contributed by atoms with van der Waals surface area (Å²) in [7, 11) is 0. The monoisotopic (exact) mass is 569 g/mol. The van der Waals surface area contributed by atoms with Crippen molar-refractivity contribution in [2.45, 2.75) is 191 Å². The van der Waals surface area contributed by atoms with E-state index in [-0.39, 0.29) is 5.41 Å². The number of unbranched alkanes of at least 4 members (excludes halogenated alkanes) is 1. The van der Waals surface area contributed by atoms with Crippen molar-refractivity contribution < 1.29 is 4.79 Å². The molecule has 0 heterocycles. The standard InChI is InChI=1S/C40H72O/c1-30(18-13-20-32(3)23-25-36-34(5)22-15-28-39(36,7)8)16-11-12-17-31(2)19-14-21-33(4)24-26-37-35(6)38(41)27-29-40(37,9)10/h30-33H,11-29H2,1-10H3/t30-,31?,32-,33-/m0/s1. The zero-order chi connectivity index (χ0) is 30.6. The van der Waals surface area contributed by atoms with E-state index >= 15 is 0 Å². The molecule has 0 bridgehead atoms. The molecule has 41 heavy (non-hydrogen) atoms. The molecule has 238 valence electrons. The Labute approximate surface area is 258 Å². The van der Waals surface area contributed by atoms with Gasteiger partial charge in [-0.15, -0.1) is 0 Å². The summed E-state index contributed by atoms with van der Waals surface area (Å²) in [6.07, 6.45) is 25.0. The predicted molar refractivity (Wildman–Crippen MR) is 182 cm³/mol. The zero-order valence-electron chi connectivity index (χ0n) is 29.7. The maximum absolute atomic E-state index is 12.2. The number of hydrogen-bond acceptors (Lipinski definition) is 1. The van der Waals surface area contributed by atoms with E-state index < -0.39 is 0 Å². The van der Waals surface area contributed by atoms with Gasteiger partial charge in [0.05, 0.1) is 0 Å². The van der Waals surface area contributed by atoms with Crippen LogP contribution in [-0.4, -0.2) is 5.78 Å². The average molecular weight is 569 g/mol. The van der Waals surface area contributed by atoms with E-state index in [9.17, 15) is 4.79 Å². The van der Waals surface area contributed by atoms with Crippen LogP contribution in [0.2, 0.25) is 0 Å². The fraction of sp³-hybridized carbons (Fsp3) is 0.875. The van der Waals surface area contributed by atoms with Gasteiger partial charge in [0.25, 0.3) is 0 Å². The highest BCUT2D eigenvalue weighted by Gasteiger charge is 2.32. The molecule has 0 aliphatic heterocycles. The van der Waals surface area contributed by atoms with Crippen LogP contribution in [-0.2, 0) is 4.79 Å². The van der Waals surface area contributed by atoms with Crippen LogP contribution in [0.25, 0.3) is 0 Å². The maximum atomic E-state index is 12.2. The van der Waals surface area contributed by atoms with Gasteiger partial charge in [-0.2, -0.15) is 0 Å². The zero-order valence-corrected chi connectivity index (χ0v) is 29.7. The smallest absolute Gasteiger partial charge is 0.158 e. The first kappa shape index (κ1) is 36.3. The second-order valence-corrected chi connectivity index (χ2v) is 16.6. The van der Waals surface area contributed by atoms with Gasteiger partial charge in [0, 0.05) is 6.42 Å². The molecule has 0 aromatic rings. The number of allylic oxidation sites excluding steroid dienone is 4. The average Bonchev–Trinajstić information content (AvgIpc) is 2.88. The summed E-state index contributed by atoms with van der Waals surface area (Å²) in [6.45, 7) is 24.0. The van der Waals surface area contributed by atoms with Gasteiger partial charge in [-0.1, -0.05) is 136 Å². The predicted octanol–water partition coefficient (Wildman–Crippen LogP) is 13.2. The molecule has 0 aromatic carbocycles. The lowest BCUT2D eigenvalue weighted by molar-refractivity contribution is -0.116. The van der Waals surface area contributed by atoms with Crippen LogP contribution in [0.1, 0.15) is 191 Å². The summed E-state index contributed by atoms with van der Waals surface area (Å²) in [5.41, 5.74) is 6.67. The van der Waals surface area contributed by atoms with Gasteiger partial charge in [0.15, 0.2) is 5.78 Å². The van der Waals surface area contributed by atoms with Crippen LogP contribution in [0.4, 0.5) is 0 Å². The molecule has 0 spiro atoms. The fourth-order valence-electron chi connectivity index (χ4n) is 8.17. The van der Waals surface area contributed by atoms with Gasteiger partial charge >= 0.3 is 0 Å². The number of carbonyl (C=O) groups is 1. The number of rotatable bonds is 19. The van der Waals surface area contributed by atoms with Crippen LogP contribution < -0.4 is 0 Å². The quantitative estimate of drug-likeness (QED) is 0.112. The Balaban J connectivity index is 1.50.